The number of anilines is 1. The molecular weight excluding hydrogens is 338 g/mol. The first-order valence-electron chi connectivity index (χ1n) is 9.31. The summed E-state index contributed by atoms with van der Waals surface area (Å²) in [5.74, 6) is 1.94. The lowest BCUT2D eigenvalue weighted by atomic mass is 9.65. The number of hydrogen-bond donors (Lipinski definition) is 1. The van der Waals surface area contributed by atoms with Gasteiger partial charge in [0.25, 0.3) is 0 Å². The van der Waals surface area contributed by atoms with Crippen molar-refractivity contribution < 1.29 is 9.47 Å². The van der Waals surface area contributed by atoms with E-state index in [1.54, 1.807) is 0 Å². The highest BCUT2D eigenvalue weighted by atomic mass is 16.5. The lowest BCUT2D eigenvalue weighted by Crippen LogP contribution is -2.47. The Morgan fingerprint density at radius 2 is 1.81 bits per heavy atom. The minimum absolute atomic E-state index is 0.216. The van der Waals surface area contributed by atoms with Gasteiger partial charge < -0.3 is 15.2 Å². The third-order valence-corrected chi connectivity index (χ3v) is 6.06. The zero-order valence-electron chi connectivity index (χ0n) is 15.8. The molecule has 0 aliphatic carbocycles. The SMILES string of the molecule is Cc1ccc(-n2nc(C)c3c2OC[C@H]2COc4ccc(N)cc4[C@@]32C)cc1. The van der Waals surface area contributed by atoms with E-state index in [-0.39, 0.29) is 11.3 Å². The zero-order valence-corrected chi connectivity index (χ0v) is 15.8. The molecule has 2 aromatic carbocycles. The largest absolute Gasteiger partial charge is 0.493 e. The quantitative estimate of drug-likeness (QED) is 0.670. The van der Waals surface area contributed by atoms with Crippen molar-refractivity contribution in [1.29, 1.82) is 0 Å². The number of hydrogen-bond acceptors (Lipinski definition) is 4. The van der Waals surface area contributed by atoms with E-state index >= 15 is 0 Å². The van der Waals surface area contributed by atoms with Gasteiger partial charge in [-0.2, -0.15) is 5.10 Å². The van der Waals surface area contributed by atoms with Crippen molar-refractivity contribution in [3.63, 3.8) is 0 Å². The van der Waals surface area contributed by atoms with E-state index < -0.39 is 0 Å². The second kappa shape index (κ2) is 5.52. The molecule has 0 saturated heterocycles. The second-order valence-electron chi connectivity index (χ2n) is 7.79. The summed E-state index contributed by atoms with van der Waals surface area (Å²) in [4.78, 5) is 0. The Kier molecular flexibility index (Phi) is 3.32. The normalized spacial score (nSPS) is 22.9. The van der Waals surface area contributed by atoms with Crippen molar-refractivity contribution in [2.45, 2.75) is 26.2 Å². The van der Waals surface area contributed by atoms with Gasteiger partial charge in [0.2, 0.25) is 5.88 Å². The van der Waals surface area contributed by atoms with Crippen LogP contribution in [-0.4, -0.2) is 23.0 Å². The average Bonchev–Trinajstić information content (AvgIpc) is 3.00. The Morgan fingerprint density at radius 3 is 2.59 bits per heavy atom. The number of fused-ring (bicyclic) bond motifs is 5. The number of aromatic nitrogens is 2. The molecule has 0 fully saturated rings. The van der Waals surface area contributed by atoms with E-state index in [2.05, 4.69) is 45.0 Å². The Morgan fingerprint density at radius 1 is 1.07 bits per heavy atom. The maximum atomic E-state index is 6.23. The Balaban J connectivity index is 1.75. The smallest absolute Gasteiger partial charge is 0.221 e. The summed E-state index contributed by atoms with van der Waals surface area (Å²) in [5, 5.41) is 4.84. The van der Waals surface area contributed by atoms with E-state index in [0.29, 0.717) is 13.2 Å². The van der Waals surface area contributed by atoms with Crippen LogP contribution in [0.2, 0.25) is 0 Å². The minimum Gasteiger partial charge on any atom is -0.493 e. The van der Waals surface area contributed by atoms with Crippen LogP contribution in [0.1, 0.15) is 29.3 Å². The van der Waals surface area contributed by atoms with Gasteiger partial charge in [-0.1, -0.05) is 24.6 Å². The van der Waals surface area contributed by atoms with Gasteiger partial charge in [0.1, 0.15) is 5.75 Å². The van der Waals surface area contributed by atoms with Crippen LogP contribution in [0.4, 0.5) is 5.69 Å². The summed E-state index contributed by atoms with van der Waals surface area (Å²) in [7, 11) is 0. The second-order valence-corrected chi connectivity index (χ2v) is 7.79. The molecule has 0 unspecified atom stereocenters. The number of nitrogen functional groups attached to an aromatic ring is 1. The highest BCUT2D eigenvalue weighted by Crippen LogP contribution is 2.53. The van der Waals surface area contributed by atoms with Crippen LogP contribution < -0.4 is 15.2 Å². The van der Waals surface area contributed by atoms with Gasteiger partial charge in [-0.15, -0.1) is 0 Å². The van der Waals surface area contributed by atoms with Crippen molar-refractivity contribution in [1.82, 2.24) is 9.78 Å². The number of benzene rings is 2. The average molecular weight is 361 g/mol. The fourth-order valence-electron chi connectivity index (χ4n) is 4.49. The van der Waals surface area contributed by atoms with Crippen LogP contribution in [0.15, 0.2) is 42.5 Å². The molecule has 5 heteroatoms. The monoisotopic (exact) mass is 361 g/mol. The molecule has 5 rings (SSSR count). The molecule has 1 aromatic heterocycles. The topological polar surface area (TPSA) is 62.3 Å². The zero-order chi connectivity index (χ0) is 18.8. The molecule has 0 bridgehead atoms. The summed E-state index contributed by atoms with van der Waals surface area (Å²) >= 11 is 0. The van der Waals surface area contributed by atoms with E-state index in [1.165, 1.54) is 5.56 Å². The molecule has 5 nitrogen and oxygen atoms in total. The molecule has 3 aromatic rings. The molecule has 2 N–H and O–H groups in total. The molecule has 0 saturated carbocycles. The Labute approximate surface area is 158 Å². The van der Waals surface area contributed by atoms with Crippen molar-refractivity contribution >= 4 is 5.69 Å². The first-order valence-corrected chi connectivity index (χ1v) is 9.31. The van der Waals surface area contributed by atoms with Crippen LogP contribution in [0, 0.1) is 19.8 Å². The van der Waals surface area contributed by atoms with Gasteiger partial charge in [-0.25, -0.2) is 4.68 Å². The standard InChI is InChI=1S/C22H23N3O2/c1-13-4-7-17(8-5-13)25-21-20(14(2)24-25)22(3)15(12-27-21)11-26-19-9-6-16(23)10-18(19)22/h4-10,15H,11-12,23H2,1-3H3/t15-,22+/m1/s1. The first kappa shape index (κ1) is 16.2. The lowest BCUT2D eigenvalue weighted by Gasteiger charge is -2.45. The van der Waals surface area contributed by atoms with E-state index in [4.69, 9.17) is 20.3 Å². The number of nitrogens with zero attached hydrogens (tertiary/aromatic N) is 2. The molecule has 2 atom stereocenters. The summed E-state index contributed by atoms with van der Waals surface area (Å²) < 4.78 is 14.2. The maximum Gasteiger partial charge on any atom is 0.221 e. The summed E-state index contributed by atoms with van der Waals surface area (Å²) in [5.41, 5.74) is 12.1. The molecular formula is C22H23N3O2. The number of ether oxygens (including phenoxy) is 2. The van der Waals surface area contributed by atoms with Crippen molar-refractivity contribution in [3.05, 3.63) is 64.8 Å². The lowest BCUT2D eigenvalue weighted by molar-refractivity contribution is 0.0827. The van der Waals surface area contributed by atoms with E-state index in [9.17, 15) is 0 Å². The number of nitrogens with two attached hydrogens (primary N) is 1. The Bertz CT molecular complexity index is 1040. The highest BCUT2D eigenvalue weighted by Gasteiger charge is 2.50. The molecule has 2 aliphatic rings. The molecule has 0 radical (unpaired) electrons. The minimum atomic E-state index is -0.246. The van der Waals surface area contributed by atoms with E-state index in [0.717, 1.165) is 39.8 Å². The van der Waals surface area contributed by atoms with Crippen LogP contribution >= 0.6 is 0 Å². The molecule has 0 amide bonds. The number of aryl methyl sites for hydroxylation is 2. The Hall–Kier alpha value is -2.95. The molecule has 0 spiro atoms. The molecule has 27 heavy (non-hydrogen) atoms. The van der Waals surface area contributed by atoms with Gasteiger partial charge in [0.05, 0.1) is 24.6 Å². The van der Waals surface area contributed by atoms with Gasteiger partial charge in [0, 0.05) is 28.1 Å². The van der Waals surface area contributed by atoms with Gasteiger partial charge >= 0.3 is 0 Å². The van der Waals surface area contributed by atoms with Crippen LogP contribution in [0.25, 0.3) is 5.69 Å². The maximum absolute atomic E-state index is 6.23. The third-order valence-electron chi connectivity index (χ3n) is 6.06. The van der Waals surface area contributed by atoms with Crippen LogP contribution in [0.5, 0.6) is 11.6 Å². The highest BCUT2D eigenvalue weighted by molar-refractivity contribution is 5.60. The third kappa shape index (κ3) is 2.21. The first-order chi connectivity index (χ1) is 13.0. The van der Waals surface area contributed by atoms with Crippen molar-refractivity contribution in [2.75, 3.05) is 18.9 Å². The van der Waals surface area contributed by atoms with Gasteiger partial charge in [-0.05, 0) is 44.2 Å². The fraction of sp³-hybridized carbons (Fsp3) is 0.318. The van der Waals surface area contributed by atoms with Crippen LogP contribution in [-0.2, 0) is 5.41 Å². The van der Waals surface area contributed by atoms with E-state index in [1.807, 2.05) is 22.9 Å². The molecule has 138 valence electrons. The summed E-state index contributed by atoms with van der Waals surface area (Å²) in [6.07, 6.45) is 0. The van der Waals surface area contributed by atoms with Gasteiger partial charge in [0.15, 0.2) is 0 Å². The predicted octanol–water partition coefficient (Wildman–Crippen LogP) is 3.78. The molecule has 2 aliphatic heterocycles. The van der Waals surface area contributed by atoms with Crippen molar-refractivity contribution in [2.24, 2.45) is 5.92 Å². The summed E-state index contributed by atoms with van der Waals surface area (Å²) in [6, 6.07) is 14.3. The fourth-order valence-corrected chi connectivity index (χ4v) is 4.49. The van der Waals surface area contributed by atoms with Crippen molar-refractivity contribution in [3.8, 4) is 17.3 Å². The number of rotatable bonds is 1. The van der Waals surface area contributed by atoms with Gasteiger partial charge in [-0.3, -0.25) is 0 Å². The van der Waals surface area contributed by atoms with Crippen LogP contribution in [0.3, 0.4) is 0 Å². The summed E-state index contributed by atoms with van der Waals surface area (Å²) in [6.45, 7) is 7.63. The predicted molar refractivity (Wildman–Crippen MR) is 105 cm³/mol. The molecule has 3 heterocycles.